The summed E-state index contributed by atoms with van der Waals surface area (Å²) in [5.41, 5.74) is 0. The summed E-state index contributed by atoms with van der Waals surface area (Å²) in [4.78, 5) is 11.4. The molecule has 4 heteroatoms. The van der Waals surface area contributed by atoms with Gasteiger partial charge in [-0.2, -0.15) is 0 Å². The molecule has 2 rings (SSSR count). The first-order valence-corrected chi connectivity index (χ1v) is 6.45. The Labute approximate surface area is 96.8 Å². The number of urea groups is 1. The van der Waals surface area contributed by atoms with Gasteiger partial charge < -0.3 is 15.7 Å². The molecule has 2 aliphatic carbocycles. The molecule has 2 aliphatic rings. The van der Waals surface area contributed by atoms with Crippen LogP contribution in [0, 0.1) is 11.8 Å². The van der Waals surface area contributed by atoms with Gasteiger partial charge in [0.05, 0.1) is 6.61 Å². The van der Waals surface area contributed by atoms with Crippen LogP contribution < -0.4 is 10.6 Å². The molecule has 2 fully saturated rings. The van der Waals surface area contributed by atoms with Crippen LogP contribution in [0.3, 0.4) is 0 Å². The van der Waals surface area contributed by atoms with Crippen molar-refractivity contribution in [2.45, 2.75) is 44.6 Å². The summed E-state index contributed by atoms with van der Waals surface area (Å²) in [6.07, 6.45) is 7.64. The van der Waals surface area contributed by atoms with Gasteiger partial charge in [0, 0.05) is 12.6 Å². The van der Waals surface area contributed by atoms with Crippen LogP contribution in [0.2, 0.25) is 0 Å². The summed E-state index contributed by atoms with van der Waals surface area (Å²) in [6, 6.07) is 0.216. The van der Waals surface area contributed by atoms with Crippen LogP contribution >= 0.6 is 0 Å². The fourth-order valence-corrected chi connectivity index (χ4v) is 2.76. The molecule has 0 saturated heterocycles. The Morgan fingerprint density at radius 1 is 1.19 bits per heavy atom. The largest absolute Gasteiger partial charge is 0.395 e. The van der Waals surface area contributed by atoms with Gasteiger partial charge >= 0.3 is 6.03 Å². The molecule has 2 saturated carbocycles. The molecule has 2 atom stereocenters. The van der Waals surface area contributed by atoms with Gasteiger partial charge in [0.25, 0.3) is 0 Å². The van der Waals surface area contributed by atoms with Gasteiger partial charge in [-0.05, 0) is 37.5 Å². The first kappa shape index (κ1) is 11.7. The maximum absolute atomic E-state index is 11.4. The minimum absolute atomic E-state index is 0.00276. The van der Waals surface area contributed by atoms with Crippen LogP contribution in [0.25, 0.3) is 0 Å². The van der Waals surface area contributed by atoms with Crippen LogP contribution in [0.15, 0.2) is 0 Å². The quantitative estimate of drug-likeness (QED) is 0.675. The van der Waals surface area contributed by atoms with Crippen molar-refractivity contribution in [1.82, 2.24) is 10.6 Å². The smallest absolute Gasteiger partial charge is 0.315 e. The first-order chi connectivity index (χ1) is 7.79. The van der Waals surface area contributed by atoms with Gasteiger partial charge in [-0.25, -0.2) is 4.79 Å². The summed E-state index contributed by atoms with van der Waals surface area (Å²) in [5, 5.41) is 14.2. The standard InChI is InChI=1S/C12H22N2O2/c15-7-6-13-12(16)14-11-3-1-2-10(8-11)9-4-5-9/h9-11,15H,1-8H2,(H2,13,14,16). The van der Waals surface area contributed by atoms with E-state index in [2.05, 4.69) is 10.6 Å². The first-order valence-electron chi connectivity index (χ1n) is 6.45. The Morgan fingerprint density at radius 2 is 2.00 bits per heavy atom. The molecule has 0 bridgehead atoms. The third-order valence-electron chi connectivity index (χ3n) is 3.74. The SMILES string of the molecule is O=C(NCCO)NC1CCCC(C2CC2)C1. The van der Waals surface area contributed by atoms with Crippen molar-refractivity contribution in [3.63, 3.8) is 0 Å². The van der Waals surface area contributed by atoms with Gasteiger partial charge in [-0.15, -0.1) is 0 Å². The fourth-order valence-electron chi connectivity index (χ4n) is 2.76. The molecule has 0 heterocycles. The second-order valence-electron chi connectivity index (χ2n) is 5.08. The topological polar surface area (TPSA) is 61.4 Å². The lowest BCUT2D eigenvalue weighted by atomic mass is 9.83. The number of aliphatic hydroxyl groups excluding tert-OH is 1. The van der Waals surface area contributed by atoms with E-state index in [1.165, 1.54) is 25.7 Å². The van der Waals surface area contributed by atoms with E-state index < -0.39 is 0 Å². The van der Waals surface area contributed by atoms with Gasteiger partial charge in [0.1, 0.15) is 0 Å². The molecule has 0 radical (unpaired) electrons. The zero-order valence-electron chi connectivity index (χ0n) is 9.74. The number of rotatable bonds is 4. The molecule has 3 N–H and O–H groups in total. The molecule has 0 aliphatic heterocycles. The van der Waals surface area contributed by atoms with Crippen molar-refractivity contribution >= 4 is 6.03 Å². The van der Waals surface area contributed by atoms with Gasteiger partial charge in [0.15, 0.2) is 0 Å². The van der Waals surface area contributed by atoms with Crippen LogP contribution in [0.1, 0.15) is 38.5 Å². The average molecular weight is 226 g/mol. The molecule has 4 nitrogen and oxygen atoms in total. The third-order valence-corrected chi connectivity index (χ3v) is 3.74. The predicted octanol–water partition coefficient (Wildman–Crippen LogP) is 1.25. The number of hydrogen-bond acceptors (Lipinski definition) is 2. The molecular formula is C12H22N2O2. The molecule has 92 valence electrons. The highest BCUT2D eigenvalue weighted by atomic mass is 16.3. The van der Waals surface area contributed by atoms with Gasteiger partial charge in [-0.3, -0.25) is 0 Å². The molecule has 16 heavy (non-hydrogen) atoms. The highest BCUT2D eigenvalue weighted by Gasteiger charge is 2.34. The van der Waals surface area contributed by atoms with Crippen molar-refractivity contribution < 1.29 is 9.90 Å². The van der Waals surface area contributed by atoms with E-state index in [0.717, 1.165) is 24.7 Å². The summed E-state index contributed by atoms with van der Waals surface area (Å²) < 4.78 is 0. The number of nitrogens with one attached hydrogen (secondary N) is 2. The minimum Gasteiger partial charge on any atom is -0.395 e. The number of carbonyl (C=O) groups excluding carboxylic acids is 1. The number of carbonyl (C=O) groups is 1. The molecule has 2 unspecified atom stereocenters. The second-order valence-corrected chi connectivity index (χ2v) is 5.08. The maximum atomic E-state index is 11.4. The van der Waals surface area contributed by atoms with E-state index in [9.17, 15) is 4.79 Å². The van der Waals surface area contributed by atoms with Gasteiger partial charge in [0.2, 0.25) is 0 Å². The summed E-state index contributed by atoms with van der Waals surface area (Å²) in [6.45, 7) is 0.341. The van der Waals surface area contributed by atoms with Crippen LogP contribution in [-0.4, -0.2) is 30.3 Å². The zero-order chi connectivity index (χ0) is 11.4. The second kappa shape index (κ2) is 5.53. The highest BCUT2D eigenvalue weighted by Crippen LogP contribution is 2.43. The molecule has 2 amide bonds. The van der Waals surface area contributed by atoms with Crippen molar-refractivity contribution in [2.24, 2.45) is 11.8 Å². The van der Waals surface area contributed by atoms with Crippen LogP contribution in [-0.2, 0) is 0 Å². The lowest BCUT2D eigenvalue weighted by Gasteiger charge is -2.29. The van der Waals surface area contributed by atoms with Crippen molar-refractivity contribution in [3.05, 3.63) is 0 Å². The van der Waals surface area contributed by atoms with E-state index in [4.69, 9.17) is 5.11 Å². The zero-order valence-corrected chi connectivity index (χ0v) is 9.74. The van der Waals surface area contributed by atoms with Crippen LogP contribution in [0.4, 0.5) is 4.79 Å². The minimum atomic E-state index is -0.129. The molecule has 0 aromatic rings. The van der Waals surface area contributed by atoms with E-state index in [0.29, 0.717) is 12.6 Å². The number of aliphatic hydroxyl groups is 1. The van der Waals surface area contributed by atoms with Crippen molar-refractivity contribution in [1.29, 1.82) is 0 Å². The fraction of sp³-hybridized carbons (Fsp3) is 0.917. The molecule has 0 spiro atoms. The Bertz CT molecular complexity index is 241. The predicted molar refractivity (Wildman–Crippen MR) is 62.1 cm³/mol. The summed E-state index contributed by atoms with van der Waals surface area (Å²) in [5.74, 6) is 1.79. The van der Waals surface area contributed by atoms with E-state index in [1.54, 1.807) is 0 Å². The Morgan fingerprint density at radius 3 is 2.69 bits per heavy atom. The Balaban J connectivity index is 1.69. The van der Waals surface area contributed by atoms with Crippen molar-refractivity contribution in [3.8, 4) is 0 Å². The lowest BCUT2D eigenvalue weighted by Crippen LogP contribution is -2.45. The maximum Gasteiger partial charge on any atom is 0.315 e. The lowest BCUT2D eigenvalue weighted by molar-refractivity contribution is 0.216. The normalized spacial score (nSPS) is 29.8. The Hall–Kier alpha value is -0.770. The van der Waals surface area contributed by atoms with Crippen LogP contribution in [0.5, 0.6) is 0 Å². The van der Waals surface area contributed by atoms with Crippen molar-refractivity contribution in [2.75, 3.05) is 13.2 Å². The summed E-state index contributed by atoms with van der Waals surface area (Å²) in [7, 11) is 0. The third kappa shape index (κ3) is 3.37. The Kier molecular flexibility index (Phi) is 4.04. The number of amides is 2. The van der Waals surface area contributed by atoms with E-state index in [-0.39, 0.29) is 12.6 Å². The molecular weight excluding hydrogens is 204 g/mol. The summed E-state index contributed by atoms with van der Waals surface area (Å²) >= 11 is 0. The van der Waals surface area contributed by atoms with Gasteiger partial charge in [-0.1, -0.05) is 12.8 Å². The molecule has 0 aromatic heterocycles. The molecule has 0 aromatic carbocycles. The number of hydrogen-bond donors (Lipinski definition) is 3. The van der Waals surface area contributed by atoms with E-state index >= 15 is 0 Å². The highest BCUT2D eigenvalue weighted by molar-refractivity contribution is 5.74. The average Bonchev–Trinajstić information content (AvgIpc) is 3.10. The monoisotopic (exact) mass is 226 g/mol. The van der Waals surface area contributed by atoms with E-state index in [1.807, 2.05) is 0 Å².